The summed E-state index contributed by atoms with van der Waals surface area (Å²) in [5.41, 5.74) is 1.43. The van der Waals surface area contributed by atoms with E-state index in [1.54, 1.807) is 0 Å². The summed E-state index contributed by atoms with van der Waals surface area (Å²) in [5.74, 6) is 0.277. The SMILES string of the molecule is Cl.O=C(CCNC1(c2ccc(Br)cc2)CCC1)N1CCNCC1. The van der Waals surface area contributed by atoms with Crippen molar-refractivity contribution in [1.82, 2.24) is 15.5 Å². The minimum Gasteiger partial charge on any atom is -0.340 e. The number of nitrogens with one attached hydrogen (secondary N) is 2. The van der Waals surface area contributed by atoms with Gasteiger partial charge in [0.1, 0.15) is 0 Å². The van der Waals surface area contributed by atoms with Crippen molar-refractivity contribution >= 4 is 34.2 Å². The number of halogens is 2. The van der Waals surface area contributed by atoms with Gasteiger partial charge >= 0.3 is 0 Å². The second-order valence-electron chi connectivity index (χ2n) is 6.25. The first kappa shape index (κ1) is 18.7. The third-order valence-electron chi connectivity index (χ3n) is 4.88. The Morgan fingerprint density at radius 2 is 1.87 bits per heavy atom. The number of nitrogens with zero attached hydrogens (tertiary/aromatic N) is 1. The van der Waals surface area contributed by atoms with Gasteiger partial charge in [0.15, 0.2) is 0 Å². The Morgan fingerprint density at radius 1 is 1.22 bits per heavy atom. The summed E-state index contributed by atoms with van der Waals surface area (Å²) < 4.78 is 1.11. The molecule has 1 saturated heterocycles. The molecule has 1 heterocycles. The zero-order chi connectivity index (χ0) is 15.4. The maximum absolute atomic E-state index is 12.2. The summed E-state index contributed by atoms with van der Waals surface area (Å²) in [4.78, 5) is 14.2. The minimum absolute atomic E-state index is 0. The van der Waals surface area contributed by atoms with Gasteiger partial charge in [0, 0.05) is 49.2 Å². The van der Waals surface area contributed by atoms with E-state index in [1.807, 2.05) is 4.90 Å². The molecule has 1 aromatic carbocycles. The van der Waals surface area contributed by atoms with Crippen LogP contribution in [0.25, 0.3) is 0 Å². The molecule has 2 fully saturated rings. The molecule has 2 aliphatic rings. The first-order valence-electron chi connectivity index (χ1n) is 8.19. The van der Waals surface area contributed by atoms with Gasteiger partial charge in [-0.2, -0.15) is 0 Å². The minimum atomic E-state index is 0. The number of piperazine rings is 1. The Morgan fingerprint density at radius 3 is 2.43 bits per heavy atom. The van der Waals surface area contributed by atoms with E-state index >= 15 is 0 Å². The van der Waals surface area contributed by atoms with Crippen molar-refractivity contribution < 1.29 is 4.79 Å². The Balaban J connectivity index is 0.00000192. The molecule has 0 spiro atoms. The molecule has 23 heavy (non-hydrogen) atoms. The Kier molecular flexibility index (Phi) is 6.89. The molecule has 4 nitrogen and oxygen atoms in total. The van der Waals surface area contributed by atoms with Gasteiger partial charge in [-0.15, -0.1) is 12.4 Å². The topological polar surface area (TPSA) is 44.4 Å². The lowest BCUT2D eigenvalue weighted by molar-refractivity contribution is -0.131. The van der Waals surface area contributed by atoms with E-state index in [4.69, 9.17) is 0 Å². The molecule has 1 saturated carbocycles. The predicted molar refractivity (Wildman–Crippen MR) is 99.0 cm³/mol. The average Bonchev–Trinajstić information content (AvgIpc) is 2.52. The van der Waals surface area contributed by atoms with Crippen LogP contribution in [0.3, 0.4) is 0 Å². The van der Waals surface area contributed by atoms with Gasteiger partial charge in [-0.1, -0.05) is 28.1 Å². The van der Waals surface area contributed by atoms with E-state index in [-0.39, 0.29) is 23.9 Å². The van der Waals surface area contributed by atoms with Crippen molar-refractivity contribution in [3.8, 4) is 0 Å². The molecule has 1 aliphatic carbocycles. The van der Waals surface area contributed by atoms with Gasteiger partial charge < -0.3 is 15.5 Å². The van der Waals surface area contributed by atoms with Crippen LogP contribution in [0.2, 0.25) is 0 Å². The normalized spacial score (nSPS) is 19.6. The quantitative estimate of drug-likeness (QED) is 0.796. The highest BCUT2D eigenvalue weighted by Gasteiger charge is 2.38. The first-order valence-corrected chi connectivity index (χ1v) is 8.98. The van der Waals surface area contributed by atoms with E-state index in [1.165, 1.54) is 12.0 Å². The van der Waals surface area contributed by atoms with Crippen molar-refractivity contribution in [2.24, 2.45) is 0 Å². The summed E-state index contributed by atoms with van der Waals surface area (Å²) in [6.07, 6.45) is 4.18. The van der Waals surface area contributed by atoms with Crippen molar-refractivity contribution in [1.29, 1.82) is 0 Å². The predicted octanol–water partition coefficient (Wildman–Crippen LogP) is 2.66. The molecule has 0 atom stereocenters. The van der Waals surface area contributed by atoms with Crippen molar-refractivity contribution in [3.63, 3.8) is 0 Å². The standard InChI is InChI=1S/C17H24BrN3O.ClH/c18-15-4-2-14(3-5-15)17(7-1-8-17)20-9-6-16(22)21-12-10-19-11-13-21;/h2-5,19-20H,1,6-13H2;1H. The van der Waals surface area contributed by atoms with Crippen molar-refractivity contribution in [2.45, 2.75) is 31.2 Å². The lowest BCUT2D eigenvalue weighted by Gasteiger charge is -2.43. The van der Waals surface area contributed by atoms with Crippen LogP contribution in [0, 0.1) is 0 Å². The number of rotatable bonds is 5. The van der Waals surface area contributed by atoms with Crippen LogP contribution in [-0.4, -0.2) is 43.5 Å². The lowest BCUT2D eigenvalue weighted by Crippen LogP contribution is -2.50. The molecule has 0 aromatic heterocycles. The van der Waals surface area contributed by atoms with Gasteiger partial charge in [0.25, 0.3) is 0 Å². The smallest absolute Gasteiger partial charge is 0.223 e. The first-order chi connectivity index (χ1) is 10.7. The average molecular weight is 403 g/mol. The fourth-order valence-corrected chi connectivity index (χ4v) is 3.61. The highest BCUT2D eigenvalue weighted by Crippen LogP contribution is 2.41. The lowest BCUT2D eigenvalue weighted by atomic mass is 9.72. The highest BCUT2D eigenvalue weighted by atomic mass is 79.9. The Hall–Kier alpha value is -0.620. The summed E-state index contributed by atoms with van der Waals surface area (Å²) in [5, 5.41) is 6.94. The van der Waals surface area contributed by atoms with Crippen LogP contribution in [0.4, 0.5) is 0 Å². The third kappa shape index (κ3) is 4.47. The second kappa shape index (κ2) is 8.47. The highest BCUT2D eigenvalue weighted by molar-refractivity contribution is 9.10. The van der Waals surface area contributed by atoms with Crippen LogP contribution in [0.15, 0.2) is 28.7 Å². The molecule has 0 bridgehead atoms. The molecule has 1 amide bonds. The van der Waals surface area contributed by atoms with Crippen LogP contribution >= 0.6 is 28.3 Å². The van der Waals surface area contributed by atoms with Gasteiger partial charge in [-0.25, -0.2) is 0 Å². The van der Waals surface area contributed by atoms with Crippen LogP contribution in [0.1, 0.15) is 31.2 Å². The van der Waals surface area contributed by atoms with E-state index in [0.717, 1.165) is 50.0 Å². The molecular formula is C17H25BrClN3O. The zero-order valence-corrected chi connectivity index (χ0v) is 15.7. The van der Waals surface area contributed by atoms with Gasteiger partial charge in [-0.3, -0.25) is 4.79 Å². The summed E-state index contributed by atoms with van der Waals surface area (Å²) >= 11 is 3.49. The molecule has 6 heteroatoms. The Labute approximate surface area is 152 Å². The van der Waals surface area contributed by atoms with E-state index in [2.05, 4.69) is 50.8 Å². The maximum atomic E-state index is 12.2. The van der Waals surface area contributed by atoms with Gasteiger partial charge in [-0.05, 0) is 37.0 Å². The van der Waals surface area contributed by atoms with Crippen molar-refractivity contribution in [2.75, 3.05) is 32.7 Å². The van der Waals surface area contributed by atoms with Gasteiger partial charge in [0.2, 0.25) is 5.91 Å². The molecule has 3 rings (SSSR count). The molecule has 1 aromatic rings. The number of hydrogen-bond acceptors (Lipinski definition) is 3. The summed E-state index contributed by atoms with van der Waals surface area (Å²) in [6.45, 7) is 4.29. The Bertz CT molecular complexity index is 513. The van der Waals surface area contributed by atoms with Gasteiger partial charge in [0.05, 0.1) is 0 Å². The molecule has 0 radical (unpaired) electrons. The number of benzene rings is 1. The number of carbonyl (C=O) groups excluding carboxylic acids is 1. The molecule has 2 N–H and O–H groups in total. The largest absolute Gasteiger partial charge is 0.340 e. The van der Waals surface area contributed by atoms with E-state index < -0.39 is 0 Å². The number of carbonyl (C=O) groups is 1. The van der Waals surface area contributed by atoms with Crippen LogP contribution < -0.4 is 10.6 Å². The summed E-state index contributed by atoms with van der Waals surface area (Å²) in [6, 6.07) is 8.58. The third-order valence-corrected chi connectivity index (χ3v) is 5.40. The number of hydrogen-bond donors (Lipinski definition) is 2. The summed E-state index contributed by atoms with van der Waals surface area (Å²) in [7, 11) is 0. The monoisotopic (exact) mass is 401 g/mol. The zero-order valence-electron chi connectivity index (χ0n) is 13.3. The van der Waals surface area contributed by atoms with E-state index in [9.17, 15) is 4.79 Å². The number of amides is 1. The van der Waals surface area contributed by atoms with Crippen molar-refractivity contribution in [3.05, 3.63) is 34.3 Å². The molecular weight excluding hydrogens is 378 g/mol. The second-order valence-corrected chi connectivity index (χ2v) is 7.17. The van der Waals surface area contributed by atoms with Crippen LogP contribution in [0.5, 0.6) is 0 Å². The van der Waals surface area contributed by atoms with Crippen LogP contribution in [-0.2, 0) is 10.3 Å². The maximum Gasteiger partial charge on any atom is 0.223 e. The molecule has 0 unspecified atom stereocenters. The molecule has 128 valence electrons. The fraction of sp³-hybridized carbons (Fsp3) is 0.588. The molecule has 1 aliphatic heterocycles. The van der Waals surface area contributed by atoms with E-state index in [0.29, 0.717) is 6.42 Å². The fourth-order valence-electron chi connectivity index (χ4n) is 3.35.